The first-order chi connectivity index (χ1) is 20.1. The molecule has 3 nitrogen and oxygen atoms in total. The summed E-state index contributed by atoms with van der Waals surface area (Å²) in [5.41, 5.74) is 11.2. The molecule has 1 aliphatic heterocycles. The maximum atomic E-state index is 6.68. The summed E-state index contributed by atoms with van der Waals surface area (Å²) in [4.78, 5) is 2.00. The van der Waals surface area contributed by atoms with Crippen molar-refractivity contribution in [3.63, 3.8) is 0 Å². The van der Waals surface area contributed by atoms with Crippen molar-refractivity contribution in [3.8, 4) is 33.8 Å². The lowest BCUT2D eigenvalue weighted by Crippen LogP contribution is -2.26. The lowest BCUT2D eigenvalue weighted by molar-refractivity contribution is 0.310. The van der Waals surface area contributed by atoms with Gasteiger partial charge >= 0.3 is 0 Å². The van der Waals surface area contributed by atoms with Crippen LogP contribution >= 0.6 is 0 Å². The molecule has 5 aromatic carbocycles. The Morgan fingerprint density at radius 1 is 0.634 bits per heavy atom. The summed E-state index contributed by atoms with van der Waals surface area (Å²) in [6, 6.07) is 40.7. The van der Waals surface area contributed by atoms with Gasteiger partial charge in [-0.15, -0.1) is 0 Å². The third-order valence-electron chi connectivity index (χ3n) is 8.71. The average molecular weight is 530 g/mol. The molecule has 0 amide bonds. The molecule has 1 spiro atoms. The largest absolute Gasteiger partial charge is 0.449 e. The number of rotatable bonds is 4. The van der Waals surface area contributed by atoms with Crippen LogP contribution in [0.25, 0.3) is 22.3 Å². The van der Waals surface area contributed by atoms with Crippen LogP contribution in [0.5, 0.6) is 11.5 Å². The summed E-state index contributed by atoms with van der Waals surface area (Å²) >= 11 is 0. The first-order valence-corrected chi connectivity index (χ1v) is 13.8. The quantitative estimate of drug-likeness (QED) is 0.227. The molecule has 1 heterocycles. The monoisotopic (exact) mass is 529 g/mol. The summed E-state index contributed by atoms with van der Waals surface area (Å²) in [5, 5.41) is 0. The van der Waals surface area contributed by atoms with Crippen molar-refractivity contribution in [1.82, 2.24) is 0 Å². The van der Waals surface area contributed by atoms with Gasteiger partial charge in [-0.25, -0.2) is 0 Å². The van der Waals surface area contributed by atoms with Gasteiger partial charge in [0.25, 0.3) is 0 Å². The second kappa shape index (κ2) is 8.61. The third kappa shape index (κ3) is 3.09. The van der Waals surface area contributed by atoms with Crippen molar-refractivity contribution in [2.24, 2.45) is 0 Å². The first kappa shape index (κ1) is 23.6. The van der Waals surface area contributed by atoms with Crippen molar-refractivity contribution in [2.75, 3.05) is 11.9 Å². The third-order valence-corrected chi connectivity index (χ3v) is 8.71. The molecule has 0 N–H and O–H groups in total. The average Bonchev–Trinajstić information content (AvgIpc) is 3.49. The molecule has 0 unspecified atom stereocenters. The predicted octanol–water partition coefficient (Wildman–Crippen LogP) is 8.85. The second-order valence-electron chi connectivity index (χ2n) is 10.7. The number of allylic oxidation sites excluding steroid dienone is 1. The maximum Gasteiger partial charge on any atom is 0.193 e. The fraction of sp³-hybridized carbons (Fsp3) is 0.0526. The Balaban J connectivity index is 1.33. The molecule has 0 bridgehead atoms. The van der Waals surface area contributed by atoms with E-state index in [4.69, 9.17) is 9.47 Å². The van der Waals surface area contributed by atoms with Crippen LogP contribution in [0.3, 0.4) is 0 Å². The number of anilines is 1. The molecule has 5 aromatic rings. The summed E-state index contributed by atoms with van der Waals surface area (Å²) in [6.07, 6.45) is 1.69. The number of likely N-dealkylation sites (N-methyl/N-ethyl adjacent to an activating group) is 1. The van der Waals surface area contributed by atoms with Gasteiger partial charge in [0.15, 0.2) is 23.0 Å². The standard InChI is InChI=1S/C38H27NO2/c1-4-34-37(24(2)39(3)25-14-6-5-7-15-25)41-36-23-33-29(22-35(36)40-34)28-18-10-13-21-32(28)38(33)30-19-11-8-16-26(30)27-17-9-12-20-31(27)38/h4-23H,1-2H2,3H3. The van der Waals surface area contributed by atoms with Crippen LogP contribution in [0.15, 0.2) is 152 Å². The molecule has 196 valence electrons. The Hall–Kier alpha value is -5.28. The highest BCUT2D eigenvalue weighted by Crippen LogP contribution is 2.64. The van der Waals surface area contributed by atoms with E-state index in [1.807, 2.05) is 42.3 Å². The van der Waals surface area contributed by atoms with Gasteiger partial charge in [0.2, 0.25) is 0 Å². The molecule has 0 radical (unpaired) electrons. The van der Waals surface area contributed by atoms with E-state index in [2.05, 4.69) is 98.1 Å². The first-order valence-electron chi connectivity index (χ1n) is 13.8. The minimum Gasteiger partial charge on any atom is -0.449 e. The zero-order chi connectivity index (χ0) is 27.7. The Morgan fingerprint density at radius 2 is 1.15 bits per heavy atom. The molecule has 2 aliphatic carbocycles. The van der Waals surface area contributed by atoms with Crippen molar-refractivity contribution in [1.29, 1.82) is 0 Å². The molecule has 0 atom stereocenters. The summed E-state index contributed by atoms with van der Waals surface area (Å²) in [6.45, 7) is 8.39. The summed E-state index contributed by atoms with van der Waals surface area (Å²) in [5.74, 6) is 2.43. The van der Waals surface area contributed by atoms with E-state index < -0.39 is 5.41 Å². The van der Waals surface area contributed by atoms with Crippen molar-refractivity contribution in [2.45, 2.75) is 5.41 Å². The minimum atomic E-state index is -0.446. The molecule has 0 fully saturated rings. The molecule has 3 heteroatoms. The molecule has 41 heavy (non-hydrogen) atoms. The Labute approximate surface area is 239 Å². The van der Waals surface area contributed by atoms with E-state index in [9.17, 15) is 0 Å². The molecule has 8 rings (SSSR count). The Kier molecular flexibility index (Phi) is 4.95. The van der Waals surface area contributed by atoms with E-state index >= 15 is 0 Å². The minimum absolute atomic E-state index is 0.446. The van der Waals surface area contributed by atoms with Gasteiger partial charge in [0, 0.05) is 12.7 Å². The van der Waals surface area contributed by atoms with Crippen molar-refractivity contribution < 1.29 is 9.47 Å². The normalized spacial score (nSPS) is 14.7. The van der Waals surface area contributed by atoms with Crippen LogP contribution in [-0.2, 0) is 5.41 Å². The topological polar surface area (TPSA) is 21.7 Å². The van der Waals surface area contributed by atoms with Crippen LogP contribution in [-0.4, -0.2) is 7.05 Å². The van der Waals surface area contributed by atoms with Gasteiger partial charge in [0.1, 0.15) is 0 Å². The van der Waals surface area contributed by atoms with Crippen LogP contribution in [0.1, 0.15) is 22.3 Å². The van der Waals surface area contributed by atoms with E-state index in [0.717, 1.165) is 11.3 Å². The summed E-state index contributed by atoms with van der Waals surface area (Å²) < 4.78 is 13.2. The molecule has 3 aliphatic rings. The highest BCUT2D eigenvalue weighted by Gasteiger charge is 2.52. The SMILES string of the molecule is C=CC1=C(C(=C)N(C)c2ccccc2)Oc2cc3c(cc2O1)-c1ccccc1C31c2ccccc2-c2ccccc21. The fourth-order valence-corrected chi connectivity index (χ4v) is 6.88. The highest BCUT2D eigenvalue weighted by atomic mass is 16.6. The van der Waals surface area contributed by atoms with Crippen molar-refractivity contribution >= 4 is 5.69 Å². The molecule has 0 saturated heterocycles. The van der Waals surface area contributed by atoms with Crippen LogP contribution in [0, 0.1) is 0 Å². The van der Waals surface area contributed by atoms with Crippen LogP contribution in [0.4, 0.5) is 5.69 Å². The lowest BCUT2D eigenvalue weighted by Gasteiger charge is -2.32. The lowest BCUT2D eigenvalue weighted by atomic mass is 9.70. The van der Waals surface area contributed by atoms with Gasteiger partial charge < -0.3 is 14.4 Å². The fourth-order valence-electron chi connectivity index (χ4n) is 6.88. The van der Waals surface area contributed by atoms with E-state index in [1.54, 1.807) is 6.08 Å². The smallest absolute Gasteiger partial charge is 0.193 e. The highest BCUT2D eigenvalue weighted by molar-refractivity contribution is 5.95. The molecule has 0 saturated carbocycles. The molecule has 0 aromatic heterocycles. The van der Waals surface area contributed by atoms with E-state index in [0.29, 0.717) is 28.7 Å². The molecular formula is C38H27NO2. The second-order valence-corrected chi connectivity index (χ2v) is 10.7. The number of hydrogen-bond acceptors (Lipinski definition) is 3. The Morgan fingerprint density at radius 3 is 1.73 bits per heavy atom. The maximum absolute atomic E-state index is 6.68. The number of para-hydroxylation sites is 1. The summed E-state index contributed by atoms with van der Waals surface area (Å²) in [7, 11) is 1.98. The van der Waals surface area contributed by atoms with E-state index in [-0.39, 0.29) is 0 Å². The van der Waals surface area contributed by atoms with Gasteiger partial charge in [-0.1, -0.05) is 104 Å². The van der Waals surface area contributed by atoms with Crippen LogP contribution in [0.2, 0.25) is 0 Å². The number of benzene rings is 5. The van der Waals surface area contributed by atoms with E-state index in [1.165, 1.54) is 38.9 Å². The van der Waals surface area contributed by atoms with Gasteiger partial charge in [-0.2, -0.15) is 0 Å². The van der Waals surface area contributed by atoms with Gasteiger partial charge in [0.05, 0.1) is 11.1 Å². The van der Waals surface area contributed by atoms with Crippen LogP contribution < -0.4 is 14.4 Å². The number of fused-ring (bicyclic) bond motifs is 11. The molecular weight excluding hydrogens is 502 g/mol. The van der Waals surface area contributed by atoms with Gasteiger partial charge in [-0.05, 0) is 74.8 Å². The zero-order valence-electron chi connectivity index (χ0n) is 22.7. The Bertz CT molecular complexity index is 1900. The van der Waals surface area contributed by atoms with Crippen molar-refractivity contribution in [3.05, 3.63) is 174 Å². The predicted molar refractivity (Wildman–Crippen MR) is 165 cm³/mol. The number of ether oxygens (including phenoxy) is 2. The zero-order valence-corrected chi connectivity index (χ0v) is 22.7. The number of nitrogens with zero attached hydrogens (tertiary/aromatic N) is 1. The van der Waals surface area contributed by atoms with Gasteiger partial charge in [-0.3, -0.25) is 0 Å². The number of hydrogen-bond donors (Lipinski definition) is 0.